The molecule has 0 radical (unpaired) electrons. The topological polar surface area (TPSA) is 105 Å². The Morgan fingerprint density at radius 3 is 2.33 bits per heavy atom. The summed E-state index contributed by atoms with van der Waals surface area (Å²) in [6, 6.07) is 7.42. The molecule has 0 amide bonds. The van der Waals surface area contributed by atoms with E-state index in [0.29, 0.717) is 47.9 Å². The zero-order valence-corrected chi connectivity index (χ0v) is 25.0. The summed E-state index contributed by atoms with van der Waals surface area (Å²) >= 11 is 0. The smallest absolute Gasteiger partial charge is 0.355 e. The third-order valence-corrected chi connectivity index (χ3v) is 7.50. The van der Waals surface area contributed by atoms with Crippen LogP contribution in [-0.2, 0) is 12.0 Å². The molecule has 5 rings (SSSR count). The number of nitrogens with two attached hydrogens (primary N) is 1. The number of hydrogen-bond acceptors (Lipinski definition) is 7. The molecule has 0 saturated heterocycles. The molecule has 9 nitrogen and oxygen atoms in total. The maximum absolute atomic E-state index is 13.7. The first-order chi connectivity index (χ1) is 18.7. The maximum atomic E-state index is 13.7. The number of carbonyl (C=O) groups is 1. The number of nitrogen functional groups attached to an aromatic ring is 1. The van der Waals surface area contributed by atoms with Crippen molar-refractivity contribution in [2.75, 3.05) is 18.9 Å². The zero-order valence-electron chi connectivity index (χ0n) is 24.3. The number of anilines is 1. The predicted molar refractivity (Wildman–Crippen MR) is 149 cm³/mol. The van der Waals surface area contributed by atoms with Gasteiger partial charge in [0, 0.05) is 23.3 Å². The summed E-state index contributed by atoms with van der Waals surface area (Å²) in [5.74, 6) is 3.20. The summed E-state index contributed by atoms with van der Waals surface area (Å²) in [4.78, 5) is 13.7. The SMILES string of the molecule is CCC(CC)Oc1ccc2n(n1)c(N)n[n+]2CC(=O)c1cc(OCC2CC2)c(OCC2CC2)c(C(C)(C)C)c1.[Cl-]. The van der Waals surface area contributed by atoms with Gasteiger partial charge in [0.05, 0.1) is 13.2 Å². The summed E-state index contributed by atoms with van der Waals surface area (Å²) in [5, 5.41) is 8.92. The first-order valence-electron chi connectivity index (χ1n) is 14.4. The lowest BCUT2D eigenvalue weighted by Gasteiger charge is -2.26. The molecule has 2 aliphatic carbocycles. The Morgan fingerprint density at radius 1 is 1.07 bits per heavy atom. The first-order valence-corrected chi connectivity index (χ1v) is 14.4. The quantitative estimate of drug-likeness (QED) is 0.247. The average Bonchev–Trinajstić information content (AvgIpc) is 3.84. The summed E-state index contributed by atoms with van der Waals surface area (Å²) in [6.45, 7) is 11.9. The van der Waals surface area contributed by atoms with Crippen molar-refractivity contribution < 1.29 is 36.1 Å². The van der Waals surface area contributed by atoms with Crippen molar-refractivity contribution in [1.29, 1.82) is 0 Å². The number of rotatable bonds is 13. The van der Waals surface area contributed by atoms with E-state index in [1.165, 1.54) is 30.2 Å². The van der Waals surface area contributed by atoms with Crippen molar-refractivity contribution in [1.82, 2.24) is 14.7 Å². The fourth-order valence-corrected chi connectivity index (χ4v) is 4.57. The van der Waals surface area contributed by atoms with E-state index in [1.54, 1.807) is 10.7 Å². The fourth-order valence-electron chi connectivity index (χ4n) is 4.57. The van der Waals surface area contributed by atoms with Gasteiger partial charge in [-0.25, -0.2) is 0 Å². The van der Waals surface area contributed by atoms with Gasteiger partial charge in [-0.05, 0) is 78.1 Å². The second kappa shape index (κ2) is 12.2. The van der Waals surface area contributed by atoms with Crippen molar-refractivity contribution in [2.24, 2.45) is 11.8 Å². The lowest BCUT2D eigenvalue weighted by molar-refractivity contribution is -0.714. The van der Waals surface area contributed by atoms with Crippen LogP contribution in [0, 0.1) is 11.8 Å². The Kier molecular flexibility index (Phi) is 9.12. The number of carbonyl (C=O) groups excluding carboxylic acids is 1. The third kappa shape index (κ3) is 6.97. The van der Waals surface area contributed by atoms with E-state index in [4.69, 9.17) is 19.9 Å². The molecule has 0 spiro atoms. The molecule has 2 aromatic heterocycles. The van der Waals surface area contributed by atoms with Crippen molar-refractivity contribution in [2.45, 2.75) is 91.2 Å². The van der Waals surface area contributed by atoms with E-state index in [0.717, 1.165) is 24.2 Å². The van der Waals surface area contributed by atoms with Crippen LogP contribution in [-0.4, -0.2) is 39.8 Å². The maximum Gasteiger partial charge on any atom is 0.355 e. The highest BCUT2D eigenvalue weighted by Gasteiger charge is 2.31. The second-order valence-corrected chi connectivity index (χ2v) is 12.0. The number of ketones is 1. The standard InChI is InChI=1S/C30H42N5O4.ClH/c1-6-22(7-2)39-26-12-13-27-34(33-29(31)35(27)32-26)16-24(36)21-14-23(30(3,4)5)28(38-18-20-10-11-20)25(15-21)37-17-19-8-9-19;/h12-15,19-20,22H,6-11,16-18H2,1-5H3,(H2,31,33);1H/q+1;/p-1. The van der Waals surface area contributed by atoms with Crippen LogP contribution in [0.3, 0.4) is 0 Å². The Balaban J connectivity index is 0.00000370. The minimum absolute atomic E-state index is 0. The van der Waals surface area contributed by atoms with E-state index in [1.807, 2.05) is 18.2 Å². The minimum atomic E-state index is -0.235. The molecule has 2 saturated carbocycles. The minimum Gasteiger partial charge on any atom is -1.00 e. The van der Waals surface area contributed by atoms with Crippen LogP contribution < -0.4 is 37.0 Å². The molecule has 2 aliphatic rings. The summed E-state index contributed by atoms with van der Waals surface area (Å²) < 4.78 is 21.7. The van der Waals surface area contributed by atoms with Crippen molar-refractivity contribution in [3.8, 4) is 17.4 Å². The molecular weight excluding hydrogens is 530 g/mol. The summed E-state index contributed by atoms with van der Waals surface area (Å²) in [6.07, 6.45) is 6.64. The largest absolute Gasteiger partial charge is 1.00 e. The monoisotopic (exact) mass is 571 g/mol. The van der Waals surface area contributed by atoms with Crippen molar-refractivity contribution in [3.63, 3.8) is 0 Å². The van der Waals surface area contributed by atoms with Gasteiger partial charge in [-0.1, -0.05) is 39.1 Å². The van der Waals surface area contributed by atoms with Gasteiger partial charge in [-0.15, -0.1) is 4.68 Å². The third-order valence-electron chi connectivity index (χ3n) is 7.50. The van der Waals surface area contributed by atoms with Crippen LogP contribution in [0.5, 0.6) is 17.4 Å². The van der Waals surface area contributed by atoms with E-state index >= 15 is 0 Å². The first kappa shape index (κ1) is 29.9. The second-order valence-electron chi connectivity index (χ2n) is 12.0. The lowest BCUT2D eigenvalue weighted by Crippen LogP contribution is -3.00. The molecule has 1 aromatic carbocycles. The summed E-state index contributed by atoms with van der Waals surface area (Å²) in [7, 11) is 0. The molecule has 0 aliphatic heterocycles. The van der Waals surface area contributed by atoms with E-state index in [2.05, 4.69) is 44.8 Å². The Bertz CT molecular complexity index is 1340. The number of aromatic nitrogens is 4. The molecule has 0 bridgehead atoms. The summed E-state index contributed by atoms with van der Waals surface area (Å²) in [5.41, 5.74) is 8.11. The number of Topliss-reactive ketones (excluding diaryl/α,β-unsaturated/α-hetero) is 1. The van der Waals surface area contributed by atoms with E-state index in [9.17, 15) is 4.79 Å². The number of ether oxygens (including phenoxy) is 3. The van der Waals surface area contributed by atoms with Crippen molar-refractivity contribution >= 4 is 17.4 Å². The van der Waals surface area contributed by atoms with Gasteiger partial charge in [0.1, 0.15) is 6.10 Å². The van der Waals surface area contributed by atoms with Crippen LogP contribution in [0.15, 0.2) is 24.3 Å². The molecule has 0 atom stereocenters. The molecule has 2 N–H and O–H groups in total. The Labute approximate surface area is 242 Å². The van der Waals surface area contributed by atoms with Crippen LogP contribution >= 0.6 is 0 Å². The van der Waals surface area contributed by atoms with Gasteiger partial charge in [0.25, 0.3) is 5.88 Å². The molecule has 2 fully saturated rings. The lowest BCUT2D eigenvalue weighted by atomic mass is 9.84. The highest BCUT2D eigenvalue weighted by atomic mass is 35.5. The molecule has 2 heterocycles. The molecule has 10 heteroatoms. The van der Waals surface area contributed by atoms with E-state index in [-0.39, 0.29) is 42.2 Å². The molecule has 40 heavy (non-hydrogen) atoms. The van der Waals surface area contributed by atoms with Crippen molar-refractivity contribution in [3.05, 3.63) is 35.4 Å². The molecule has 3 aromatic rings. The number of benzene rings is 1. The van der Waals surface area contributed by atoms with Crippen LogP contribution in [0.25, 0.3) is 5.65 Å². The van der Waals surface area contributed by atoms with Gasteiger partial charge < -0.3 is 32.4 Å². The van der Waals surface area contributed by atoms with E-state index < -0.39 is 0 Å². The molecule has 0 unspecified atom stereocenters. The number of nitrogens with zero attached hydrogens (tertiary/aromatic N) is 4. The van der Waals surface area contributed by atoms with Crippen LogP contribution in [0.4, 0.5) is 5.95 Å². The van der Waals surface area contributed by atoms with Gasteiger partial charge in [0.15, 0.2) is 18.0 Å². The van der Waals surface area contributed by atoms with Gasteiger partial charge in [0.2, 0.25) is 5.78 Å². The number of halogens is 1. The fraction of sp³-hybridized carbons (Fsp3) is 0.600. The molecular formula is C30H42ClN5O4. The average molecular weight is 572 g/mol. The van der Waals surface area contributed by atoms with Crippen LogP contribution in [0.1, 0.15) is 89.1 Å². The predicted octanol–water partition coefficient (Wildman–Crippen LogP) is 1.93. The van der Waals surface area contributed by atoms with Gasteiger partial charge in [-0.3, -0.25) is 4.79 Å². The zero-order chi connectivity index (χ0) is 27.7. The highest BCUT2D eigenvalue weighted by molar-refractivity contribution is 5.96. The molecule has 218 valence electrons. The van der Waals surface area contributed by atoms with Gasteiger partial charge >= 0.3 is 11.6 Å². The van der Waals surface area contributed by atoms with Crippen LogP contribution in [0.2, 0.25) is 0 Å². The highest BCUT2D eigenvalue weighted by Crippen LogP contribution is 2.42. The number of hydrogen-bond donors (Lipinski definition) is 1. The van der Waals surface area contributed by atoms with Gasteiger partial charge in [-0.2, -0.15) is 0 Å². The normalized spacial score (nSPS) is 15.2. The number of fused-ring (bicyclic) bond motifs is 1. The Hall–Kier alpha value is -3.07. The Morgan fingerprint density at radius 2 is 1.73 bits per heavy atom.